The minimum absolute atomic E-state index is 0.0400. The molecule has 3 rings (SSSR count). The van der Waals surface area contributed by atoms with Crippen LogP contribution < -0.4 is 5.32 Å². The first kappa shape index (κ1) is 18.0. The molecule has 1 N–H and O–H groups in total. The van der Waals surface area contributed by atoms with Crippen molar-refractivity contribution >= 4 is 39.1 Å². The summed E-state index contributed by atoms with van der Waals surface area (Å²) in [5, 5.41) is 3.01. The smallest absolute Gasteiger partial charge is 0.321 e. The Kier molecular flexibility index (Phi) is 5.19. The Labute approximate surface area is 151 Å². The number of carbonyl (C=O) groups is 2. The predicted molar refractivity (Wildman–Crippen MR) is 95.8 cm³/mol. The van der Waals surface area contributed by atoms with Gasteiger partial charge in [-0.2, -0.15) is 0 Å². The third-order valence-electron chi connectivity index (χ3n) is 4.48. The van der Waals surface area contributed by atoms with E-state index >= 15 is 0 Å². The van der Waals surface area contributed by atoms with E-state index in [0.717, 1.165) is 25.9 Å². The summed E-state index contributed by atoms with van der Waals surface area (Å²) in [7, 11) is -3.06. The van der Waals surface area contributed by atoms with Crippen molar-refractivity contribution in [3.63, 3.8) is 0 Å². The number of sulfone groups is 1. The van der Waals surface area contributed by atoms with Gasteiger partial charge in [-0.3, -0.25) is 4.79 Å². The van der Waals surface area contributed by atoms with Gasteiger partial charge in [0.1, 0.15) is 0 Å². The predicted octanol–water partition coefficient (Wildman–Crippen LogP) is 1.84. The second-order valence-corrected chi connectivity index (χ2v) is 8.97. The number of nitrogens with one attached hydrogen (secondary N) is 1. The van der Waals surface area contributed by atoms with Crippen LogP contribution in [0.15, 0.2) is 18.2 Å². The molecule has 0 unspecified atom stereocenters. The van der Waals surface area contributed by atoms with E-state index in [4.69, 9.17) is 11.6 Å². The molecule has 136 valence electrons. The monoisotopic (exact) mass is 385 g/mol. The summed E-state index contributed by atoms with van der Waals surface area (Å²) in [5.41, 5.74) is 0.827. The molecular formula is C16H20ClN3O4S. The van der Waals surface area contributed by atoms with Gasteiger partial charge >= 0.3 is 6.03 Å². The van der Waals surface area contributed by atoms with Crippen molar-refractivity contribution in [2.24, 2.45) is 0 Å². The number of amides is 3. The van der Waals surface area contributed by atoms with Crippen molar-refractivity contribution in [1.82, 2.24) is 9.80 Å². The fraction of sp³-hybridized carbons (Fsp3) is 0.500. The van der Waals surface area contributed by atoms with Gasteiger partial charge in [0.05, 0.1) is 22.2 Å². The number of urea groups is 1. The van der Waals surface area contributed by atoms with Crippen molar-refractivity contribution in [3.05, 3.63) is 28.8 Å². The Morgan fingerprint density at radius 1 is 1.00 bits per heavy atom. The van der Waals surface area contributed by atoms with Gasteiger partial charge in [0.15, 0.2) is 9.84 Å². The van der Waals surface area contributed by atoms with Gasteiger partial charge in [-0.05, 0) is 31.0 Å². The number of nitrogens with zero attached hydrogens (tertiary/aromatic N) is 2. The number of rotatable bonds is 2. The van der Waals surface area contributed by atoms with E-state index < -0.39 is 15.9 Å². The minimum atomic E-state index is -3.06. The third kappa shape index (κ3) is 4.24. The van der Waals surface area contributed by atoms with Crippen LogP contribution >= 0.6 is 11.6 Å². The highest BCUT2D eigenvalue weighted by Gasteiger charge is 2.26. The summed E-state index contributed by atoms with van der Waals surface area (Å²) >= 11 is 6.13. The number of carbonyl (C=O) groups excluding carboxylic acids is 2. The van der Waals surface area contributed by atoms with Gasteiger partial charge in [0.2, 0.25) is 0 Å². The van der Waals surface area contributed by atoms with E-state index in [2.05, 4.69) is 5.32 Å². The van der Waals surface area contributed by atoms with Gasteiger partial charge in [-0.25, -0.2) is 13.2 Å². The maximum atomic E-state index is 12.5. The van der Waals surface area contributed by atoms with E-state index in [0.29, 0.717) is 16.3 Å². The summed E-state index contributed by atoms with van der Waals surface area (Å²) < 4.78 is 22.9. The molecule has 2 aliphatic rings. The first-order valence-corrected chi connectivity index (χ1v) is 10.4. The number of benzene rings is 1. The van der Waals surface area contributed by atoms with Gasteiger partial charge in [0, 0.05) is 31.7 Å². The second-order valence-electron chi connectivity index (χ2n) is 6.26. The zero-order valence-corrected chi connectivity index (χ0v) is 15.3. The molecule has 2 heterocycles. The fourth-order valence-electron chi connectivity index (χ4n) is 2.97. The molecule has 0 atom stereocenters. The molecule has 0 spiro atoms. The molecule has 0 bridgehead atoms. The van der Waals surface area contributed by atoms with Crippen LogP contribution in [0, 0.1) is 0 Å². The van der Waals surface area contributed by atoms with Crippen molar-refractivity contribution in [3.8, 4) is 0 Å². The fourth-order valence-corrected chi connectivity index (χ4v) is 4.33. The summed E-state index contributed by atoms with van der Waals surface area (Å²) in [6.07, 6.45) is 2.00. The lowest BCUT2D eigenvalue weighted by Gasteiger charge is -2.27. The van der Waals surface area contributed by atoms with Gasteiger partial charge < -0.3 is 15.1 Å². The summed E-state index contributed by atoms with van der Waals surface area (Å²) in [6, 6.07) is 4.39. The molecular weight excluding hydrogens is 366 g/mol. The number of halogens is 1. The molecule has 2 aliphatic heterocycles. The molecule has 1 aromatic rings. The molecule has 2 saturated heterocycles. The van der Waals surface area contributed by atoms with Crippen LogP contribution in [-0.2, 0) is 9.84 Å². The molecule has 0 saturated carbocycles. The second kappa shape index (κ2) is 7.21. The first-order valence-electron chi connectivity index (χ1n) is 8.21. The minimum Gasteiger partial charge on any atom is -0.339 e. The molecule has 3 amide bonds. The molecule has 2 fully saturated rings. The molecule has 1 aromatic carbocycles. The van der Waals surface area contributed by atoms with Crippen LogP contribution in [0.2, 0.25) is 5.02 Å². The van der Waals surface area contributed by atoms with Crippen molar-refractivity contribution in [2.75, 3.05) is 43.0 Å². The lowest BCUT2D eigenvalue weighted by Crippen LogP contribution is -2.45. The maximum Gasteiger partial charge on any atom is 0.321 e. The molecule has 0 radical (unpaired) electrons. The highest BCUT2D eigenvalue weighted by molar-refractivity contribution is 7.91. The Morgan fingerprint density at radius 3 is 2.28 bits per heavy atom. The molecule has 0 aliphatic carbocycles. The number of hydrogen-bond donors (Lipinski definition) is 1. The average Bonchev–Trinajstić information content (AvgIpc) is 3.10. The van der Waals surface area contributed by atoms with Crippen molar-refractivity contribution in [1.29, 1.82) is 0 Å². The Hall–Kier alpha value is -1.80. The average molecular weight is 386 g/mol. The van der Waals surface area contributed by atoms with Crippen LogP contribution in [-0.4, -0.2) is 67.8 Å². The largest absolute Gasteiger partial charge is 0.339 e. The first-order chi connectivity index (χ1) is 11.9. The van der Waals surface area contributed by atoms with E-state index in [-0.39, 0.29) is 30.5 Å². The van der Waals surface area contributed by atoms with Crippen LogP contribution in [0.3, 0.4) is 0 Å². The van der Waals surface area contributed by atoms with Gasteiger partial charge in [-0.15, -0.1) is 0 Å². The summed E-state index contributed by atoms with van der Waals surface area (Å²) in [5.74, 6) is -0.155. The maximum absolute atomic E-state index is 12.5. The third-order valence-corrected chi connectivity index (χ3v) is 6.42. The Morgan fingerprint density at radius 2 is 1.64 bits per heavy atom. The van der Waals surface area contributed by atoms with Gasteiger partial charge in [0.25, 0.3) is 5.91 Å². The molecule has 7 nitrogen and oxygen atoms in total. The summed E-state index contributed by atoms with van der Waals surface area (Å²) in [4.78, 5) is 28.0. The normalized spacial score (nSPS) is 19.7. The van der Waals surface area contributed by atoms with Crippen molar-refractivity contribution in [2.45, 2.75) is 12.8 Å². The molecule has 25 heavy (non-hydrogen) atoms. The van der Waals surface area contributed by atoms with Crippen LogP contribution in [0.25, 0.3) is 0 Å². The highest BCUT2D eigenvalue weighted by Crippen LogP contribution is 2.25. The van der Waals surface area contributed by atoms with Gasteiger partial charge in [-0.1, -0.05) is 11.6 Å². The number of likely N-dealkylation sites (tertiary alicyclic amines) is 1. The SMILES string of the molecule is O=C(Nc1cc(C(=O)N2CCCC2)ccc1Cl)N1CCS(=O)(=O)CC1. The Balaban J connectivity index is 1.70. The molecule has 0 aromatic heterocycles. The molecule has 9 heteroatoms. The number of anilines is 1. The Bertz CT molecular complexity index is 777. The van der Waals surface area contributed by atoms with Crippen molar-refractivity contribution < 1.29 is 18.0 Å². The zero-order valence-electron chi connectivity index (χ0n) is 13.7. The standard InChI is InChI=1S/C16H20ClN3O4S/c17-13-4-3-12(15(21)19-5-1-2-6-19)11-14(13)18-16(22)20-7-9-25(23,24)10-8-20/h3-4,11H,1-2,5-10H2,(H,18,22). The van der Waals surface area contributed by atoms with E-state index in [1.807, 2.05) is 0 Å². The van der Waals surface area contributed by atoms with E-state index in [9.17, 15) is 18.0 Å². The number of hydrogen-bond acceptors (Lipinski definition) is 4. The lowest BCUT2D eigenvalue weighted by atomic mass is 10.1. The van der Waals surface area contributed by atoms with E-state index in [1.54, 1.807) is 23.1 Å². The van der Waals surface area contributed by atoms with E-state index in [1.165, 1.54) is 4.90 Å². The zero-order chi connectivity index (χ0) is 18.0. The highest BCUT2D eigenvalue weighted by atomic mass is 35.5. The van der Waals surface area contributed by atoms with Crippen LogP contribution in [0.1, 0.15) is 23.2 Å². The summed E-state index contributed by atoms with van der Waals surface area (Å²) in [6.45, 7) is 1.78. The lowest BCUT2D eigenvalue weighted by molar-refractivity contribution is 0.0793. The quantitative estimate of drug-likeness (QED) is 0.841. The topological polar surface area (TPSA) is 86.8 Å². The van der Waals surface area contributed by atoms with Crippen LogP contribution in [0.5, 0.6) is 0 Å². The van der Waals surface area contributed by atoms with Crippen LogP contribution in [0.4, 0.5) is 10.5 Å².